The second-order valence-corrected chi connectivity index (χ2v) is 4.07. The van der Waals surface area contributed by atoms with E-state index in [1.165, 1.54) is 6.07 Å². The standard InChI is InChI=1S/C12H16N2O3/c15-10-11-1-2-12(16)14(9-11)4-3-13-5-7-17-8-6-13/h1-2,9-10H,3-8H2. The van der Waals surface area contributed by atoms with Crippen LogP contribution in [0.15, 0.2) is 23.1 Å². The van der Waals surface area contributed by atoms with Crippen molar-refractivity contribution in [2.75, 3.05) is 32.8 Å². The lowest BCUT2D eigenvalue weighted by Gasteiger charge is -2.26. The lowest BCUT2D eigenvalue weighted by molar-refractivity contribution is 0.0363. The van der Waals surface area contributed by atoms with Crippen molar-refractivity contribution in [3.8, 4) is 0 Å². The predicted octanol–water partition coefficient (Wildman–Crippen LogP) is -0.00700. The predicted molar refractivity (Wildman–Crippen MR) is 63.3 cm³/mol. The minimum Gasteiger partial charge on any atom is -0.379 e. The van der Waals surface area contributed by atoms with Crippen LogP contribution in [-0.2, 0) is 11.3 Å². The summed E-state index contributed by atoms with van der Waals surface area (Å²) in [5.74, 6) is 0. The number of rotatable bonds is 4. The lowest BCUT2D eigenvalue weighted by Crippen LogP contribution is -2.39. The maximum Gasteiger partial charge on any atom is 0.250 e. The second kappa shape index (κ2) is 5.75. The van der Waals surface area contributed by atoms with Gasteiger partial charge in [0, 0.05) is 44.0 Å². The second-order valence-electron chi connectivity index (χ2n) is 4.07. The van der Waals surface area contributed by atoms with Crippen molar-refractivity contribution < 1.29 is 9.53 Å². The summed E-state index contributed by atoms with van der Waals surface area (Å²) in [6, 6.07) is 2.98. The molecule has 1 aromatic heterocycles. The zero-order valence-corrected chi connectivity index (χ0v) is 9.67. The van der Waals surface area contributed by atoms with E-state index in [0.717, 1.165) is 39.1 Å². The summed E-state index contributed by atoms with van der Waals surface area (Å²) in [7, 11) is 0. The number of aldehydes is 1. The summed E-state index contributed by atoms with van der Waals surface area (Å²) in [5.41, 5.74) is 0.468. The smallest absolute Gasteiger partial charge is 0.250 e. The molecule has 0 radical (unpaired) electrons. The van der Waals surface area contributed by atoms with Crippen molar-refractivity contribution in [2.24, 2.45) is 0 Å². The van der Waals surface area contributed by atoms with Crippen LogP contribution in [0.2, 0.25) is 0 Å². The Kier molecular flexibility index (Phi) is 4.06. The third-order valence-electron chi connectivity index (χ3n) is 2.90. The molecule has 0 amide bonds. The van der Waals surface area contributed by atoms with E-state index in [2.05, 4.69) is 4.90 Å². The molecule has 1 aromatic rings. The zero-order chi connectivity index (χ0) is 12.1. The summed E-state index contributed by atoms with van der Waals surface area (Å²) < 4.78 is 6.84. The molecular formula is C12H16N2O3. The van der Waals surface area contributed by atoms with Gasteiger partial charge in [0.1, 0.15) is 0 Å². The van der Waals surface area contributed by atoms with Crippen LogP contribution in [0.4, 0.5) is 0 Å². The largest absolute Gasteiger partial charge is 0.379 e. The number of hydrogen-bond donors (Lipinski definition) is 0. The number of pyridine rings is 1. The quantitative estimate of drug-likeness (QED) is 0.690. The van der Waals surface area contributed by atoms with E-state index in [4.69, 9.17) is 4.74 Å². The highest BCUT2D eigenvalue weighted by molar-refractivity contribution is 5.73. The summed E-state index contributed by atoms with van der Waals surface area (Å²) in [5, 5.41) is 0. The molecule has 0 aromatic carbocycles. The zero-order valence-electron chi connectivity index (χ0n) is 9.67. The maximum absolute atomic E-state index is 11.6. The number of carbonyl (C=O) groups excluding carboxylic acids is 1. The van der Waals surface area contributed by atoms with E-state index < -0.39 is 0 Å². The summed E-state index contributed by atoms with van der Waals surface area (Å²) in [6.45, 7) is 4.74. The van der Waals surface area contributed by atoms with Gasteiger partial charge in [0.2, 0.25) is 0 Å². The monoisotopic (exact) mass is 236 g/mol. The number of morpholine rings is 1. The molecule has 0 aliphatic carbocycles. The van der Waals surface area contributed by atoms with Crippen LogP contribution in [0.5, 0.6) is 0 Å². The fourth-order valence-electron chi connectivity index (χ4n) is 1.87. The van der Waals surface area contributed by atoms with Gasteiger partial charge >= 0.3 is 0 Å². The van der Waals surface area contributed by atoms with Crippen molar-refractivity contribution in [1.29, 1.82) is 0 Å². The third kappa shape index (κ3) is 3.25. The Bertz CT molecular complexity index is 436. The number of nitrogens with zero attached hydrogens (tertiary/aromatic N) is 2. The Labute approximate surface area is 99.6 Å². The van der Waals surface area contributed by atoms with E-state index in [1.54, 1.807) is 16.8 Å². The highest BCUT2D eigenvalue weighted by Crippen LogP contribution is 1.98. The van der Waals surface area contributed by atoms with Crippen LogP contribution < -0.4 is 5.56 Å². The van der Waals surface area contributed by atoms with Crippen molar-refractivity contribution in [1.82, 2.24) is 9.47 Å². The van der Waals surface area contributed by atoms with E-state index in [1.807, 2.05) is 0 Å². The Hall–Kier alpha value is -1.46. The average Bonchev–Trinajstić information content (AvgIpc) is 2.39. The molecule has 0 spiro atoms. The first-order chi connectivity index (χ1) is 8.29. The van der Waals surface area contributed by atoms with Gasteiger partial charge in [0.15, 0.2) is 6.29 Å². The first-order valence-corrected chi connectivity index (χ1v) is 5.75. The van der Waals surface area contributed by atoms with Crippen LogP contribution in [0.1, 0.15) is 10.4 Å². The number of hydrogen-bond acceptors (Lipinski definition) is 4. The Morgan fingerprint density at radius 2 is 2.00 bits per heavy atom. The van der Waals surface area contributed by atoms with E-state index in [-0.39, 0.29) is 5.56 Å². The Morgan fingerprint density at radius 3 is 2.71 bits per heavy atom. The molecule has 2 heterocycles. The van der Waals surface area contributed by atoms with E-state index in [9.17, 15) is 9.59 Å². The molecule has 2 rings (SSSR count). The Morgan fingerprint density at radius 1 is 1.24 bits per heavy atom. The molecule has 0 atom stereocenters. The van der Waals surface area contributed by atoms with Crippen LogP contribution in [-0.4, -0.2) is 48.6 Å². The third-order valence-corrected chi connectivity index (χ3v) is 2.90. The lowest BCUT2D eigenvalue weighted by atomic mass is 10.3. The molecule has 5 nitrogen and oxygen atoms in total. The van der Waals surface area contributed by atoms with Gasteiger partial charge in [-0.2, -0.15) is 0 Å². The highest BCUT2D eigenvalue weighted by Gasteiger charge is 2.10. The molecule has 0 saturated carbocycles. The van der Waals surface area contributed by atoms with Gasteiger partial charge in [-0.1, -0.05) is 0 Å². The number of aromatic nitrogens is 1. The summed E-state index contributed by atoms with van der Waals surface area (Å²) >= 11 is 0. The molecule has 0 unspecified atom stereocenters. The minimum absolute atomic E-state index is 0.0659. The molecular weight excluding hydrogens is 220 g/mol. The van der Waals surface area contributed by atoms with Crippen LogP contribution in [0, 0.1) is 0 Å². The molecule has 1 aliphatic heterocycles. The van der Waals surface area contributed by atoms with Gasteiger partial charge in [0.05, 0.1) is 13.2 Å². The SMILES string of the molecule is O=Cc1ccc(=O)n(CCN2CCOCC2)c1. The average molecular weight is 236 g/mol. The van der Waals surface area contributed by atoms with Crippen molar-refractivity contribution in [3.05, 3.63) is 34.2 Å². The van der Waals surface area contributed by atoms with Gasteiger partial charge in [-0.25, -0.2) is 0 Å². The van der Waals surface area contributed by atoms with Crippen LogP contribution >= 0.6 is 0 Å². The number of ether oxygens (including phenoxy) is 1. The van der Waals surface area contributed by atoms with E-state index >= 15 is 0 Å². The maximum atomic E-state index is 11.6. The normalized spacial score (nSPS) is 16.9. The van der Waals surface area contributed by atoms with Crippen LogP contribution in [0.3, 0.4) is 0 Å². The fourth-order valence-corrected chi connectivity index (χ4v) is 1.87. The topological polar surface area (TPSA) is 51.5 Å². The van der Waals surface area contributed by atoms with Crippen molar-refractivity contribution in [2.45, 2.75) is 6.54 Å². The number of carbonyl (C=O) groups is 1. The molecule has 0 bridgehead atoms. The molecule has 5 heteroatoms. The molecule has 0 N–H and O–H groups in total. The van der Waals surface area contributed by atoms with Gasteiger partial charge < -0.3 is 9.30 Å². The molecule has 17 heavy (non-hydrogen) atoms. The highest BCUT2D eigenvalue weighted by atomic mass is 16.5. The van der Waals surface area contributed by atoms with Gasteiger partial charge in [-0.3, -0.25) is 14.5 Å². The Balaban J connectivity index is 1.97. The first-order valence-electron chi connectivity index (χ1n) is 5.75. The molecule has 1 aliphatic rings. The summed E-state index contributed by atoms with van der Waals surface area (Å²) in [4.78, 5) is 24.5. The van der Waals surface area contributed by atoms with Gasteiger partial charge in [-0.15, -0.1) is 0 Å². The van der Waals surface area contributed by atoms with Gasteiger partial charge in [-0.05, 0) is 6.07 Å². The minimum atomic E-state index is -0.0659. The van der Waals surface area contributed by atoms with Crippen LogP contribution in [0.25, 0.3) is 0 Å². The van der Waals surface area contributed by atoms with Gasteiger partial charge in [0.25, 0.3) is 5.56 Å². The summed E-state index contributed by atoms with van der Waals surface area (Å²) in [6.07, 6.45) is 2.36. The van der Waals surface area contributed by atoms with Crippen molar-refractivity contribution >= 4 is 6.29 Å². The molecule has 92 valence electrons. The van der Waals surface area contributed by atoms with E-state index in [0.29, 0.717) is 12.1 Å². The molecule has 1 saturated heterocycles. The first kappa shape index (κ1) is 12.0. The van der Waals surface area contributed by atoms with Crippen molar-refractivity contribution in [3.63, 3.8) is 0 Å². The fraction of sp³-hybridized carbons (Fsp3) is 0.500. The molecule has 1 fully saturated rings.